The third-order valence-electron chi connectivity index (χ3n) is 2.85. The standard InChI is InChI=1S/C14H16N4OS/c15-14(20)11-4-1-2-5-12(11)17-13(19)6-3-8-18-9-7-16-10-18/h1-2,4-5,7,9-10H,3,6,8H2,(H2,15,20)(H,17,19). The molecular formula is C14H16N4OS. The Hall–Kier alpha value is -2.21. The Bertz CT molecular complexity index is 595. The molecule has 1 aromatic carbocycles. The number of thiocarbonyl (C=S) groups is 1. The van der Waals surface area contributed by atoms with Crippen LogP contribution in [0.15, 0.2) is 43.0 Å². The second-order valence-electron chi connectivity index (χ2n) is 4.36. The zero-order valence-corrected chi connectivity index (χ0v) is 11.8. The van der Waals surface area contributed by atoms with Gasteiger partial charge in [0, 0.05) is 30.9 Å². The third-order valence-corrected chi connectivity index (χ3v) is 3.07. The van der Waals surface area contributed by atoms with Gasteiger partial charge < -0.3 is 15.6 Å². The zero-order chi connectivity index (χ0) is 14.4. The minimum atomic E-state index is -0.0474. The minimum Gasteiger partial charge on any atom is -0.389 e. The summed E-state index contributed by atoms with van der Waals surface area (Å²) in [5.41, 5.74) is 6.97. The maximum absolute atomic E-state index is 11.9. The van der Waals surface area contributed by atoms with Crippen molar-refractivity contribution in [3.8, 4) is 0 Å². The van der Waals surface area contributed by atoms with Crippen LogP contribution >= 0.6 is 12.2 Å². The highest BCUT2D eigenvalue weighted by Gasteiger charge is 2.08. The second kappa shape index (κ2) is 6.81. The van der Waals surface area contributed by atoms with Crippen molar-refractivity contribution < 1.29 is 4.79 Å². The predicted molar refractivity (Wildman–Crippen MR) is 82.4 cm³/mol. The van der Waals surface area contributed by atoms with Gasteiger partial charge in [-0.25, -0.2) is 4.98 Å². The summed E-state index contributed by atoms with van der Waals surface area (Å²) < 4.78 is 1.94. The number of para-hydroxylation sites is 1. The number of aryl methyl sites for hydroxylation is 1. The fourth-order valence-corrected chi connectivity index (χ4v) is 2.04. The number of carbonyl (C=O) groups is 1. The van der Waals surface area contributed by atoms with Gasteiger partial charge in [-0.2, -0.15) is 0 Å². The Morgan fingerprint density at radius 1 is 1.40 bits per heavy atom. The van der Waals surface area contributed by atoms with Crippen LogP contribution in [-0.2, 0) is 11.3 Å². The van der Waals surface area contributed by atoms with E-state index in [0.29, 0.717) is 17.7 Å². The van der Waals surface area contributed by atoms with Gasteiger partial charge in [-0.05, 0) is 18.6 Å². The molecule has 0 atom stereocenters. The summed E-state index contributed by atoms with van der Waals surface area (Å²) in [5.74, 6) is -0.0474. The monoisotopic (exact) mass is 288 g/mol. The minimum absolute atomic E-state index is 0.0474. The first-order chi connectivity index (χ1) is 9.66. The lowest BCUT2D eigenvalue weighted by molar-refractivity contribution is -0.116. The number of carbonyl (C=O) groups excluding carboxylic acids is 1. The number of anilines is 1. The average Bonchev–Trinajstić information content (AvgIpc) is 2.92. The number of imidazole rings is 1. The third kappa shape index (κ3) is 3.89. The van der Waals surface area contributed by atoms with Crippen molar-refractivity contribution in [2.45, 2.75) is 19.4 Å². The quantitative estimate of drug-likeness (QED) is 0.797. The van der Waals surface area contributed by atoms with Crippen LogP contribution in [0.3, 0.4) is 0 Å². The molecule has 2 rings (SSSR count). The molecule has 0 fully saturated rings. The average molecular weight is 288 g/mol. The van der Waals surface area contributed by atoms with Crippen LogP contribution in [0.25, 0.3) is 0 Å². The van der Waals surface area contributed by atoms with E-state index in [1.165, 1.54) is 0 Å². The van der Waals surface area contributed by atoms with E-state index in [4.69, 9.17) is 18.0 Å². The first kappa shape index (κ1) is 14.2. The van der Waals surface area contributed by atoms with Crippen molar-refractivity contribution in [1.29, 1.82) is 0 Å². The molecule has 0 saturated carbocycles. The number of nitrogens with zero attached hydrogens (tertiary/aromatic N) is 2. The van der Waals surface area contributed by atoms with Gasteiger partial charge in [0.05, 0.1) is 12.0 Å². The number of hydrogen-bond donors (Lipinski definition) is 2. The summed E-state index contributed by atoms with van der Waals surface area (Å²) in [7, 11) is 0. The summed E-state index contributed by atoms with van der Waals surface area (Å²) in [6.07, 6.45) is 6.51. The SMILES string of the molecule is NC(=S)c1ccccc1NC(=O)CCCn1ccnc1. The fraction of sp³-hybridized carbons (Fsp3) is 0.214. The van der Waals surface area contributed by atoms with Gasteiger partial charge in [-0.3, -0.25) is 4.79 Å². The lowest BCUT2D eigenvalue weighted by atomic mass is 10.1. The van der Waals surface area contributed by atoms with E-state index in [1.807, 2.05) is 22.9 Å². The summed E-state index contributed by atoms with van der Waals surface area (Å²) in [4.78, 5) is 16.1. The molecule has 1 amide bonds. The van der Waals surface area contributed by atoms with Crippen LogP contribution in [-0.4, -0.2) is 20.4 Å². The predicted octanol–water partition coefficient (Wildman–Crippen LogP) is 1.94. The van der Waals surface area contributed by atoms with Gasteiger partial charge in [-0.1, -0.05) is 24.4 Å². The van der Waals surface area contributed by atoms with E-state index in [1.54, 1.807) is 24.7 Å². The van der Waals surface area contributed by atoms with Crippen LogP contribution in [0.5, 0.6) is 0 Å². The molecule has 0 saturated heterocycles. The van der Waals surface area contributed by atoms with E-state index < -0.39 is 0 Å². The van der Waals surface area contributed by atoms with Crippen LogP contribution in [0, 0.1) is 0 Å². The van der Waals surface area contributed by atoms with Crippen molar-refractivity contribution in [2.24, 2.45) is 5.73 Å². The van der Waals surface area contributed by atoms with Gasteiger partial charge in [0.2, 0.25) is 5.91 Å². The first-order valence-electron chi connectivity index (χ1n) is 6.31. The Morgan fingerprint density at radius 3 is 2.90 bits per heavy atom. The smallest absolute Gasteiger partial charge is 0.224 e. The zero-order valence-electron chi connectivity index (χ0n) is 11.0. The Labute approximate surface area is 122 Å². The largest absolute Gasteiger partial charge is 0.389 e. The van der Waals surface area contributed by atoms with E-state index in [0.717, 1.165) is 13.0 Å². The number of nitrogens with one attached hydrogen (secondary N) is 1. The molecular weight excluding hydrogens is 272 g/mol. The summed E-state index contributed by atoms with van der Waals surface area (Å²) in [6.45, 7) is 0.768. The highest BCUT2D eigenvalue weighted by Crippen LogP contribution is 2.15. The molecule has 1 heterocycles. The van der Waals surface area contributed by atoms with E-state index in [2.05, 4.69) is 10.3 Å². The number of amides is 1. The van der Waals surface area contributed by atoms with Gasteiger partial charge >= 0.3 is 0 Å². The van der Waals surface area contributed by atoms with Crippen molar-refractivity contribution in [3.63, 3.8) is 0 Å². The number of benzene rings is 1. The molecule has 0 unspecified atom stereocenters. The summed E-state index contributed by atoms with van der Waals surface area (Å²) in [5, 5.41) is 2.84. The molecule has 3 N–H and O–H groups in total. The normalized spacial score (nSPS) is 10.2. The van der Waals surface area contributed by atoms with E-state index in [-0.39, 0.29) is 10.9 Å². The van der Waals surface area contributed by atoms with Crippen molar-refractivity contribution in [1.82, 2.24) is 9.55 Å². The van der Waals surface area contributed by atoms with E-state index in [9.17, 15) is 4.79 Å². The second-order valence-corrected chi connectivity index (χ2v) is 4.80. The molecule has 0 aliphatic carbocycles. The number of rotatable bonds is 6. The molecule has 0 spiro atoms. The highest BCUT2D eigenvalue weighted by molar-refractivity contribution is 7.80. The number of hydrogen-bond acceptors (Lipinski definition) is 3. The van der Waals surface area contributed by atoms with Gasteiger partial charge in [-0.15, -0.1) is 0 Å². The maximum atomic E-state index is 11.9. The lowest BCUT2D eigenvalue weighted by Crippen LogP contribution is -2.17. The van der Waals surface area contributed by atoms with E-state index >= 15 is 0 Å². The molecule has 0 aliphatic rings. The molecule has 104 valence electrons. The van der Waals surface area contributed by atoms with Crippen LogP contribution in [0.4, 0.5) is 5.69 Å². The highest BCUT2D eigenvalue weighted by atomic mass is 32.1. The lowest BCUT2D eigenvalue weighted by Gasteiger charge is -2.10. The van der Waals surface area contributed by atoms with Gasteiger partial charge in [0.25, 0.3) is 0 Å². The Kier molecular flexibility index (Phi) is 4.84. The number of aromatic nitrogens is 2. The van der Waals surface area contributed by atoms with Crippen molar-refractivity contribution in [2.75, 3.05) is 5.32 Å². The summed E-state index contributed by atoms with van der Waals surface area (Å²) >= 11 is 4.96. The molecule has 0 radical (unpaired) electrons. The van der Waals surface area contributed by atoms with Crippen LogP contribution in [0.1, 0.15) is 18.4 Å². The summed E-state index contributed by atoms with van der Waals surface area (Å²) in [6, 6.07) is 7.26. The molecule has 0 aliphatic heterocycles. The van der Waals surface area contributed by atoms with Crippen molar-refractivity contribution in [3.05, 3.63) is 48.5 Å². The Morgan fingerprint density at radius 2 is 2.20 bits per heavy atom. The fourth-order valence-electron chi connectivity index (χ4n) is 1.86. The molecule has 5 nitrogen and oxygen atoms in total. The molecule has 2 aromatic rings. The molecule has 0 bridgehead atoms. The molecule has 1 aromatic heterocycles. The first-order valence-corrected chi connectivity index (χ1v) is 6.72. The van der Waals surface area contributed by atoms with Gasteiger partial charge in [0.15, 0.2) is 0 Å². The van der Waals surface area contributed by atoms with Gasteiger partial charge in [0.1, 0.15) is 4.99 Å². The maximum Gasteiger partial charge on any atom is 0.224 e. The van der Waals surface area contributed by atoms with Crippen LogP contribution < -0.4 is 11.1 Å². The van der Waals surface area contributed by atoms with Crippen molar-refractivity contribution >= 4 is 28.8 Å². The molecule has 6 heteroatoms. The number of nitrogens with two attached hydrogens (primary N) is 1. The molecule has 20 heavy (non-hydrogen) atoms. The Balaban J connectivity index is 1.87. The topological polar surface area (TPSA) is 72.9 Å². The van der Waals surface area contributed by atoms with Crippen LogP contribution in [0.2, 0.25) is 0 Å².